The smallest absolute Gasteiger partial charge is 0.269 e. The molecule has 1 fully saturated rings. The van der Waals surface area contributed by atoms with Gasteiger partial charge in [-0.2, -0.15) is 0 Å². The lowest BCUT2D eigenvalue weighted by atomic mass is 10.1. The van der Waals surface area contributed by atoms with Crippen molar-refractivity contribution >= 4 is 34.8 Å². The monoisotopic (exact) mass is 402 g/mol. The number of anilines is 1. The number of benzene rings is 2. The van der Waals surface area contributed by atoms with E-state index in [-0.39, 0.29) is 17.2 Å². The van der Waals surface area contributed by atoms with E-state index in [1.54, 1.807) is 23.1 Å². The molecule has 9 heteroatoms. The molecule has 2 aromatic carbocycles. The molecule has 0 radical (unpaired) electrons. The van der Waals surface area contributed by atoms with Crippen LogP contribution in [0.15, 0.2) is 42.5 Å². The van der Waals surface area contributed by atoms with Crippen molar-refractivity contribution in [2.24, 2.45) is 0 Å². The minimum Gasteiger partial charge on any atom is -0.337 e. The second-order valence-electron chi connectivity index (χ2n) is 6.35. The Morgan fingerprint density at radius 1 is 1.07 bits per heavy atom. The highest BCUT2D eigenvalue weighted by molar-refractivity contribution is 6.34. The van der Waals surface area contributed by atoms with Crippen molar-refractivity contribution in [1.29, 1.82) is 0 Å². The average Bonchev–Trinajstić information content (AvgIpc) is 2.98. The summed E-state index contributed by atoms with van der Waals surface area (Å²) in [4.78, 5) is 37.1. The minimum absolute atomic E-state index is 0.103. The van der Waals surface area contributed by atoms with E-state index >= 15 is 0 Å². The maximum Gasteiger partial charge on any atom is 0.269 e. The van der Waals surface area contributed by atoms with Gasteiger partial charge in [0.1, 0.15) is 0 Å². The first kappa shape index (κ1) is 19.8. The first-order valence-electron chi connectivity index (χ1n) is 8.81. The maximum atomic E-state index is 12.8. The number of nitrogens with one attached hydrogen (secondary N) is 2. The third kappa shape index (κ3) is 4.65. The molecule has 1 aliphatic rings. The van der Waals surface area contributed by atoms with Crippen molar-refractivity contribution in [1.82, 2.24) is 10.2 Å². The molecule has 8 nitrogen and oxygen atoms in total. The van der Waals surface area contributed by atoms with Crippen molar-refractivity contribution < 1.29 is 14.5 Å². The lowest BCUT2D eigenvalue weighted by Crippen LogP contribution is -2.34. The van der Waals surface area contributed by atoms with Crippen LogP contribution in [0.4, 0.5) is 11.4 Å². The largest absolute Gasteiger partial charge is 0.337 e. The molecule has 0 spiro atoms. The normalized spacial score (nSPS) is 14.2. The summed E-state index contributed by atoms with van der Waals surface area (Å²) in [5.41, 5.74) is 0.889. The molecule has 2 N–H and O–H groups in total. The Morgan fingerprint density at radius 2 is 1.79 bits per heavy atom. The van der Waals surface area contributed by atoms with E-state index in [0.717, 1.165) is 19.5 Å². The van der Waals surface area contributed by atoms with Crippen LogP contribution >= 0.6 is 11.6 Å². The number of nitro benzene ring substituents is 1. The van der Waals surface area contributed by atoms with Crippen LogP contribution in [0.3, 0.4) is 0 Å². The number of non-ortho nitro benzene ring substituents is 1. The standard InChI is InChI=1S/C19H19ClN4O4/c20-16-7-4-14(19(26)23-10-1-8-21-9-11-23)12-17(16)22-18(25)13-2-5-15(6-3-13)24(27)28/h2-7,12,21H,1,8-11H2,(H,22,25). The van der Waals surface area contributed by atoms with Crippen LogP contribution in [0, 0.1) is 10.1 Å². The summed E-state index contributed by atoms with van der Waals surface area (Å²) in [5, 5.41) is 16.9. The van der Waals surface area contributed by atoms with E-state index in [1.807, 2.05) is 0 Å². The van der Waals surface area contributed by atoms with Crippen molar-refractivity contribution in [2.75, 3.05) is 31.5 Å². The summed E-state index contributed by atoms with van der Waals surface area (Å²) in [5.74, 6) is -0.591. The number of hydrogen-bond donors (Lipinski definition) is 2. The number of hydrogen-bond acceptors (Lipinski definition) is 5. The molecule has 146 valence electrons. The second-order valence-corrected chi connectivity index (χ2v) is 6.76. The SMILES string of the molecule is O=C(Nc1cc(C(=O)N2CCCNCC2)ccc1Cl)c1ccc([N+](=O)[O-])cc1. The average molecular weight is 403 g/mol. The third-order valence-corrected chi connectivity index (χ3v) is 4.76. The van der Waals surface area contributed by atoms with Crippen molar-refractivity contribution in [3.8, 4) is 0 Å². The van der Waals surface area contributed by atoms with E-state index in [4.69, 9.17) is 11.6 Å². The first-order valence-corrected chi connectivity index (χ1v) is 9.19. The summed E-state index contributed by atoms with van der Waals surface area (Å²) < 4.78 is 0. The molecule has 0 aliphatic carbocycles. The lowest BCUT2D eigenvalue weighted by molar-refractivity contribution is -0.384. The fourth-order valence-electron chi connectivity index (χ4n) is 2.91. The van der Waals surface area contributed by atoms with Gasteiger partial charge in [0.15, 0.2) is 0 Å². The molecular weight excluding hydrogens is 384 g/mol. The van der Waals surface area contributed by atoms with Crippen LogP contribution in [0.1, 0.15) is 27.1 Å². The predicted molar refractivity (Wildman–Crippen MR) is 106 cm³/mol. The van der Waals surface area contributed by atoms with Crippen LogP contribution in [0.2, 0.25) is 5.02 Å². The zero-order chi connectivity index (χ0) is 20.1. The molecule has 1 heterocycles. The molecule has 0 bridgehead atoms. The Labute approximate surface area is 166 Å². The first-order chi connectivity index (χ1) is 13.5. The van der Waals surface area contributed by atoms with Crippen molar-refractivity contribution in [2.45, 2.75) is 6.42 Å². The van der Waals surface area contributed by atoms with Gasteiger partial charge in [-0.3, -0.25) is 19.7 Å². The van der Waals surface area contributed by atoms with Gasteiger partial charge in [0.05, 0.1) is 15.6 Å². The predicted octanol–water partition coefficient (Wildman–Crippen LogP) is 2.94. The quantitative estimate of drug-likeness (QED) is 0.604. The molecule has 0 unspecified atom stereocenters. The zero-order valence-corrected chi connectivity index (χ0v) is 15.7. The van der Waals surface area contributed by atoms with Gasteiger partial charge < -0.3 is 15.5 Å². The Hall–Kier alpha value is -2.97. The Balaban J connectivity index is 1.76. The highest BCUT2D eigenvalue weighted by atomic mass is 35.5. The van der Waals surface area contributed by atoms with Crippen LogP contribution in [-0.4, -0.2) is 47.8 Å². The minimum atomic E-state index is -0.536. The van der Waals surface area contributed by atoms with E-state index in [0.29, 0.717) is 29.4 Å². The number of rotatable bonds is 4. The van der Waals surface area contributed by atoms with E-state index in [1.165, 1.54) is 24.3 Å². The highest BCUT2D eigenvalue weighted by Crippen LogP contribution is 2.25. The van der Waals surface area contributed by atoms with Gasteiger partial charge in [0.25, 0.3) is 17.5 Å². The van der Waals surface area contributed by atoms with E-state index < -0.39 is 10.8 Å². The topological polar surface area (TPSA) is 105 Å². The number of halogens is 1. The molecular formula is C19H19ClN4O4. The maximum absolute atomic E-state index is 12.8. The molecule has 2 aromatic rings. The number of carbonyl (C=O) groups is 2. The van der Waals surface area contributed by atoms with Crippen LogP contribution in [-0.2, 0) is 0 Å². The van der Waals surface area contributed by atoms with Gasteiger partial charge >= 0.3 is 0 Å². The zero-order valence-electron chi connectivity index (χ0n) is 15.0. The number of carbonyl (C=O) groups excluding carboxylic acids is 2. The third-order valence-electron chi connectivity index (χ3n) is 4.43. The molecule has 3 rings (SSSR count). The fourth-order valence-corrected chi connectivity index (χ4v) is 3.08. The van der Waals surface area contributed by atoms with Gasteiger partial charge in [-0.15, -0.1) is 0 Å². The molecule has 2 amide bonds. The van der Waals surface area contributed by atoms with Gasteiger partial charge in [-0.1, -0.05) is 11.6 Å². The number of amides is 2. The Kier molecular flexibility index (Phi) is 6.23. The summed E-state index contributed by atoms with van der Waals surface area (Å²) in [6, 6.07) is 9.97. The molecule has 0 atom stereocenters. The molecule has 0 aromatic heterocycles. The summed E-state index contributed by atoms with van der Waals surface area (Å²) in [6.45, 7) is 2.90. The van der Waals surface area contributed by atoms with Crippen LogP contribution < -0.4 is 10.6 Å². The fraction of sp³-hybridized carbons (Fsp3) is 0.263. The summed E-state index contributed by atoms with van der Waals surface area (Å²) in [6.07, 6.45) is 0.878. The lowest BCUT2D eigenvalue weighted by Gasteiger charge is -2.20. The Morgan fingerprint density at radius 3 is 2.50 bits per heavy atom. The van der Waals surface area contributed by atoms with Crippen LogP contribution in [0.25, 0.3) is 0 Å². The van der Waals surface area contributed by atoms with E-state index in [9.17, 15) is 19.7 Å². The van der Waals surface area contributed by atoms with Gasteiger partial charge in [-0.05, 0) is 43.3 Å². The molecule has 28 heavy (non-hydrogen) atoms. The Bertz CT molecular complexity index is 893. The van der Waals surface area contributed by atoms with Gasteiger partial charge in [0, 0.05) is 42.9 Å². The number of nitro groups is 1. The van der Waals surface area contributed by atoms with Crippen molar-refractivity contribution in [3.63, 3.8) is 0 Å². The van der Waals surface area contributed by atoms with Gasteiger partial charge in [0.2, 0.25) is 0 Å². The number of nitrogens with zero attached hydrogens (tertiary/aromatic N) is 2. The van der Waals surface area contributed by atoms with E-state index in [2.05, 4.69) is 10.6 Å². The van der Waals surface area contributed by atoms with Gasteiger partial charge in [-0.25, -0.2) is 0 Å². The summed E-state index contributed by atoms with van der Waals surface area (Å²) >= 11 is 6.17. The molecule has 1 aliphatic heterocycles. The second kappa shape index (κ2) is 8.81. The van der Waals surface area contributed by atoms with Crippen molar-refractivity contribution in [3.05, 3.63) is 68.7 Å². The van der Waals surface area contributed by atoms with Crippen LogP contribution in [0.5, 0.6) is 0 Å². The highest BCUT2D eigenvalue weighted by Gasteiger charge is 2.19. The summed E-state index contributed by atoms with van der Waals surface area (Å²) in [7, 11) is 0. The molecule has 1 saturated heterocycles. The molecule has 0 saturated carbocycles.